The number of hydrogen-bond acceptors (Lipinski definition) is 11. The average Bonchev–Trinajstić information content (AvgIpc) is 4.15. The number of fused-ring (bicyclic) bond motifs is 1. The molecule has 3 heterocycles. The lowest BCUT2D eigenvalue weighted by Crippen LogP contribution is -2.61. The van der Waals surface area contributed by atoms with Crippen molar-refractivity contribution in [2.24, 2.45) is 16.6 Å². The van der Waals surface area contributed by atoms with Gasteiger partial charge in [0, 0.05) is 55.4 Å². The number of rotatable bonds is 21. The fraction of sp³-hybridized carbons (Fsp3) is 0.451. The molecule has 69 heavy (non-hydrogen) atoms. The van der Waals surface area contributed by atoms with Gasteiger partial charge in [-0.3, -0.25) is 38.6 Å². The maximum Gasteiger partial charge on any atom is 0.247 e. The molecule has 4 aromatic rings. The summed E-state index contributed by atoms with van der Waals surface area (Å²) >= 11 is 1.50. The largest absolute Gasteiger partial charge is 0.368 e. The maximum absolute atomic E-state index is 14.7. The molecule has 366 valence electrons. The zero-order valence-electron chi connectivity index (χ0n) is 39.0. The van der Waals surface area contributed by atoms with Gasteiger partial charge in [-0.25, -0.2) is 0 Å². The average molecular weight is 961 g/mol. The van der Waals surface area contributed by atoms with Crippen molar-refractivity contribution >= 4 is 68.7 Å². The third-order valence-corrected chi connectivity index (χ3v) is 14.1. The Bertz CT molecular complexity index is 2430. The molecule has 3 aromatic carbocycles. The first kappa shape index (κ1) is 50.1. The van der Waals surface area contributed by atoms with E-state index in [2.05, 4.69) is 42.2 Å². The van der Waals surface area contributed by atoms with Crippen LogP contribution in [0.25, 0.3) is 10.1 Å². The van der Waals surface area contributed by atoms with Crippen LogP contribution in [0.4, 0.5) is 0 Å². The predicted molar refractivity (Wildman–Crippen MR) is 265 cm³/mol. The molecule has 0 bridgehead atoms. The molecule has 1 saturated heterocycles. The third-order valence-electron chi connectivity index (χ3n) is 13.0. The molecule has 2 fully saturated rings. The SMILES string of the molecule is CC(=O)N[C@@H](Cc1ccccc1)C(=O)N[C@@H](CNC1=NCCN1)C(=O)N1CCC[C@H]1C(=O)N[C@H](CC1CCCCC1)C(=O)N[C@@H](Cc1cc2ccccc2s1)C(=O)N[C@@H](Cc1ccccc1)C(N)=O. The number of nitrogens with zero attached hydrogens (tertiary/aromatic N) is 2. The molecule has 17 nitrogen and oxygen atoms in total. The monoisotopic (exact) mass is 960 g/mol. The highest BCUT2D eigenvalue weighted by molar-refractivity contribution is 7.19. The van der Waals surface area contributed by atoms with E-state index in [0.717, 1.165) is 58.2 Å². The van der Waals surface area contributed by atoms with Gasteiger partial charge in [-0.2, -0.15) is 0 Å². The Hall–Kier alpha value is -6.82. The predicted octanol–water partition coefficient (Wildman–Crippen LogP) is 2.37. The number of carbonyl (C=O) groups is 7. The van der Waals surface area contributed by atoms with Crippen molar-refractivity contribution in [3.8, 4) is 0 Å². The second kappa shape index (κ2) is 24.5. The summed E-state index contributed by atoms with van der Waals surface area (Å²) in [7, 11) is 0. The van der Waals surface area contributed by atoms with Crippen molar-refractivity contribution < 1.29 is 33.6 Å². The van der Waals surface area contributed by atoms with Gasteiger partial charge in [0.2, 0.25) is 41.4 Å². The second-order valence-electron chi connectivity index (χ2n) is 18.2. The highest BCUT2D eigenvalue weighted by Gasteiger charge is 2.41. The van der Waals surface area contributed by atoms with Crippen molar-refractivity contribution in [2.75, 3.05) is 26.2 Å². The first-order valence-corrected chi connectivity index (χ1v) is 24.9. The highest BCUT2D eigenvalue weighted by Crippen LogP contribution is 2.29. The summed E-state index contributed by atoms with van der Waals surface area (Å²) in [6, 6.07) is 21.8. The smallest absolute Gasteiger partial charge is 0.247 e. The van der Waals surface area contributed by atoms with Crippen LogP contribution in [0.5, 0.6) is 0 Å². The van der Waals surface area contributed by atoms with Crippen LogP contribution in [0.15, 0.2) is 96.0 Å². The Balaban J connectivity index is 1.10. The van der Waals surface area contributed by atoms with Gasteiger partial charge in [0.05, 0.1) is 6.54 Å². The molecule has 1 saturated carbocycles. The molecule has 0 radical (unpaired) electrons. The molecular formula is C51H64N10O7S. The number of primary amides is 1. The molecule has 1 aliphatic carbocycles. The van der Waals surface area contributed by atoms with Gasteiger partial charge >= 0.3 is 0 Å². The lowest BCUT2D eigenvalue weighted by molar-refractivity contribution is -0.142. The lowest BCUT2D eigenvalue weighted by Gasteiger charge is -2.32. The summed E-state index contributed by atoms with van der Waals surface area (Å²) in [6.45, 7) is 2.64. The first-order chi connectivity index (χ1) is 33.4. The zero-order valence-corrected chi connectivity index (χ0v) is 39.9. The second-order valence-corrected chi connectivity index (χ2v) is 19.4. The fourth-order valence-electron chi connectivity index (χ4n) is 9.42. The van der Waals surface area contributed by atoms with Crippen LogP contribution >= 0.6 is 11.3 Å². The van der Waals surface area contributed by atoms with Crippen molar-refractivity contribution in [1.82, 2.24) is 42.1 Å². The van der Waals surface area contributed by atoms with Gasteiger partial charge < -0.3 is 47.9 Å². The van der Waals surface area contributed by atoms with E-state index in [1.54, 1.807) is 0 Å². The first-order valence-electron chi connectivity index (χ1n) is 24.1. The van der Waals surface area contributed by atoms with Crippen LogP contribution in [0.3, 0.4) is 0 Å². The number of benzene rings is 3. The summed E-state index contributed by atoms with van der Waals surface area (Å²) in [6.07, 6.45) is 6.37. The van der Waals surface area contributed by atoms with E-state index in [1.165, 1.54) is 23.2 Å². The number of nitrogens with one attached hydrogen (secondary N) is 7. The molecular weight excluding hydrogens is 897 g/mol. The Morgan fingerprint density at radius 3 is 1.94 bits per heavy atom. The van der Waals surface area contributed by atoms with Crippen molar-refractivity contribution in [2.45, 2.75) is 114 Å². The molecule has 3 aliphatic rings. The van der Waals surface area contributed by atoms with Gasteiger partial charge in [-0.05, 0) is 53.8 Å². The zero-order chi connectivity index (χ0) is 48.7. The molecule has 6 atom stereocenters. The van der Waals surface area contributed by atoms with E-state index in [1.807, 2.05) is 91.0 Å². The Kier molecular flexibility index (Phi) is 17.7. The molecule has 0 unspecified atom stereocenters. The minimum absolute atomic E-state index is 0.0582. The van der Waals surface area contributed by atoms with E-state index in [-0.39, 0.29) is 38.3 Å². The van der Waals surface area contributed by atoms with Crippen LogP contribution in [0, 0.1) is 5.92 Å². The van der Waals surface area contributed by atoms with Crippen LogP contribution in [-0.4, -0.2) is 115 Å². The summed E-state index contributed by atoms with van der Waals surface area (Å²) in [4.78, 5) is 104. The van der Waals surface area contributed by atoms with E-state index in [4.69, 9.17) is 5.73 Å². The number of amides is 7. The Morgan fingerprint density at radius 1 is 0.696 bits per heavy atom. The van der Waals surface area contributed by atoms with E-state index in [9.17, 15) is 33.6 Å². The third kappa shape index (κ3) is 14.4. The van der Waals surface area contributed by atoms with Crippen molar-refractivity contribution in [1.29, 1.82) is 0 Å². The Morgan fingerprint density at radius 2 is 1.30 bits per heavy atom. The van der Waals surface area contributed by atoms with E-state index < -0.39 is 77.6 Å². The molecule has 2 aliphatic heterocycles. The van der Waals surface area contributed by atoms with Gasteiger partial charge in [0.15, 0.2) is 5.96 Å². The minimum Gasteiger partial charge on any atom is -0.368 e. The van der Waals surface area contributed by atoms with Gasteiger partial charge in [0.25, 0.3) is 0 Å². The number of carbonyl (C=O) groups excluding carboxylic acids is 7. The van der Waals surface area contributed by atoms with E-state index in [0.29, 0.717) is 38.3 Å². The summed E-state index contributed by atoms with van der Waals surface area (Å²) in [5.74, 6) is -3.31. The van der Waals surface area contributed by atoms with Crippen molar-refractivity contribution in [3.05, 3.63) is 107 Å². The van der Waals surface area contributed by atoms with Crippen LogP contribution < -0.4 is 43.0 Å². The van der Waals surface area contributed by atoms with Crippen molar-refractivity contribution in [3.63, 3.8) is 0 Å². The van der Waals surface area contributed by atoms with E-state index >= 15 is 0 Å². The standard InChI is InChI=1S/C51H64N10O7S/c1-32(62)56-39(27-34-16-7-3-8-17-34)46(64)60-42(31-55-51-53-23-24-54-51)50(68)61-25-13-21-43(61)49(67)59-40(28-35-18-9-4-10-19-35)47(65)58-41(30-37-29-36-20-11-12-22-44(36)69-37)48(66)57-38(45(52)63)26-33-14-5-2-6-15-33/h2-3,5-8,11-12,14-17,20,22,29,35,38-43H,4,9-10,13,18-19,21,23-28,30-31H2,1H3,(H2,52,63)(H,56,62)(H,57,66)(H,58,65)(H,59,67)(H,60,64)(H2,53,54,55)/t38-,39-,40+,41-,42-,43-/m0/s1. The van der Waals surface area contributed by atoms with Gasteiger partial charge in [-0.1, -0.05) is 111 Å². The number of guanidine groups is 1. The number of hydrogen-bond donors (Lipinski definition) is 8. The highest BCUT2D eigenvalue weighted by atomic mass is 32.1. The molecule has 1 aromatic heterocycles. The molecule has 7 rings (SSSR count). The number of likely N-dealkylation sites (tertiary alicyclic amines) is 1. The topological polar surface area (TPSA) is 245 Å². The van der Waals surface area contributed by atoms with Crippen LogP contribution in [0.1, 0.15) is 74.3 Å². The Labute approximate surface area is 406 Å². The summed E-state index contributed by atoms with van der Waals surface area (Å²) < 4.78 is 1.01. The lowest BCUT2D eigenvalue weighted by atomic mass is 9.84. The van der Waals surface area contributed by atoms with Gasteiger partial charge in [-0.15, -0.1) is 11.3 Å². The van der Waals surface area contributed by atoms with Crippen LogP contribution in [0.2, 0.25) is 0 Å². The molecule has 7 amide bonds. The quantitative estimate of drug-likeness (QED) is 0.0611. The maximum atomic E-state index is 14.7. The number of thiophene rings is 1. The number of aliphatic imine (C=N–C) groups is 1. The fourth-order valence-corrected chi connectivity index (χ4v) is 10.5. The normalized spacial score (nSPS) is 18.1. The van der Waals surface area contributed by atoms with Crippen LogP contribution in [-0.2, 0) is 52.8 Å². The minimum atomic E-state index is -1.16. The molecule has 9 N–H and O–H groups in total. The molecule has 18 heteroatoms. The summed E-state index contributed by atoms with van der Waals surface area (Å²) in [5.41, 5.74) is 7.43. The summed E-state index contributed by atoms with van der Waals surface area (Å²) in [5, 5.41) is 21.6. The van der Waals surface area contributed by atoms with Gasteiger partial charge in [0.1, 0.15) is 36.3 Å². The number of nitrogens with two attached hydrogens (primary N) is 1. The molecule has 0 spiro atoms.